The van der Waals surface area contributed by atoms with Crippen LogP contribution < -0.4 is 5.73 Å². The molecule has 1 saturated heterocycles. The summed E-state index contributed by atoms with van der Waals surface area (Å²) in [5.74, 6) is 1.71. The molecule has 0 bridgehead atoms. The van der Waals surface area contributed by atoms with Crippen molar-refractivity contribution in [2.75, 3.05) is 19.6 Å². The van der Waals surface area contributed by atoms with Crippen LogP contribution in [0.4, 0.5) is 0 Å². The minimum atomic E-state index is 0. The molecule has 0 atom stereocenters. The Morgan fingerprint density at radius 1 is 1.33 bits per heavy atom. The van der Waals surface area contributed by atoms with Gasteiger partial charge < -0.3 is 15.6 Å². The van der Waals surface area contributed by atoms with Gasteiger partial charge in [0.1, 0.15) is 5.82 Å². The fourth-order valence-electron chi connectivity index (χ4n) is 3.15. The molecule has 0 saturated carbocycles. The largest absolute Gasteiger partial charge is 0.343 e. The second kappa shape index (κ2) is 9.25. The van der Waals surface area contributed by atoms with Crippen LogP contribution in [-0.4, -0.2) is 40.4 Å². The molecule has 1 aromatic carbocycles. The van der Waals surface area contributed by atoms with Gasteiger partial charge in [0.05, 0.1) is 11.0 Å². The van der Waals surface area contributed by atoms with Gasteiger partial charge in [-0.15, -0.1) is 24.8 Å². The molecule has 5 nitrogen and oxygen atoms in total. The highest BCUT2D eigenvalue weighted by Crippen LogP contribution is 2.18. The molecular formula is C17H26Cl2N4O. The first kappa shape index (κ1) is 20.7. The van der Waals surface area contributed by atoms with E-state index in [-0.39, 0.29) is 30.7 Å². The second-order valence-electron chi connectivity index (χ2n) is 6.21. The number of H-pyrrole nitrogens is 1. The molecule has 0 spiro atoms. The zero-order chi connectivity index (χ0) is 15.5. The average Bonchev–Trinajstić information content (AvgIpc) is 2.97. The molecule has 1 aromatic heterocycles. The van der Waals surface area contributed by atoms with Crippen molar-refractivity contribution in [2.45, 2.75) is 32.6 Å². The third-order valence-electron chi connectivity index (χ3n) is 4.64. The van der Waals surface area contributed by atoms with Crippen molar-refractivity contribution < 1.29 is 4.79 Å². The first-order chi connectivity index (χ1) is 10.7. The van der Waals surface area contributed by atoms with Crippen LogP contribution in [0.25, 0.3) is 11.0 Å². The molecule has 3 rings (SSSR count). The van der Waals surface area contributed by atoms with Crippen LogP contribution in [0, 0.1) is 12.8 Å². The number of carbonyl (C=O) groups is 1. The van der Waals surface area contributed by atoms with Crippen molar-refractivity contribution in [3.8, 4) is 0 Å². The van der Waals surface area contributed by atoms with E-state index in [1.54, 1.807) is 0 Å². The van der Waals surface area contributed by atoms with Gasteiger partial charge in [0.2, 0.25) is 5.91 Å². The normalized spacial score (nSPS) is 15.0. The number of benzene rings is 1. The number of aromatic nitrogens is 2. The van der Waals surface area contributed by atoms with Gasteiger partial charge in [-0.25, -0.2) is 4.98 Å². The lowest BCUT2D eigenvalue weighted by Crippen LogP contribution is -2.40. The maximum Gasteiger partial charge on any atom is 0.223 e. The summed E-state index contributed by atoms with van der Waals surface area (Å²) in [4.78, 5) is 22.2. The lowest BCUT2D eigenvalue weighted by atomic mass is 9.97. The van der Waals surface area contributed by atoms with Crippen LogP contribution >= 0.6 is 24.8 Å². The smallest absolute Gasteiger partial charge is 0.223 e. The third-order valence-corrected chi connectivity index (χ3v) is 4.64. The Bertz CT molecular complexity index is 666. The van der Waals surface area contributed by atoms with E-state index >= 15 is 0 Å². The van der Waals surface area contributed by atoms with E-state index in [0.29, 0.717) is 18.8 Å². The Hall–Kier alpha value is -1.30. The Kier molecular flexibility index (Phi) is 8.00. The summed E-state index contributed by atoms with van der Waals surface area (Å²) in [6.45, 7) is 4.49. The number of halogens is 2. The Morgan fingerprint density at radius 2 is 2.04 bits per heavy atom. The Balaban J connectivity index is 0.00000144. The highest BCUT2D eigenvalue weighted by Gasteiger charge is 2.21. The summed E-state index contributed by atoms with van der Waals surface area (Å²) in [6.07, 6.45) is 3.26. The highest BCUT2D eigenvalue weighted by molar-refractivity contribution is 5.85. The summed E-state index contributed by atoms with van der Waals surface area (Å²) < 4.78 is 0. The van der Waals surface area contributed by atoms with E-state index in [9.17, 15) is 4.79 Å². The van der Waals surface area contributed by atoms with Crippen molar-refractivity contribution >= 4 is 41.8 Å². The molecule has 3 N–H and O–H groups in total. The third kappa shape index (κ3) is 4.62. The van der Waals surface area contributed by atoms with E-state index < -0.39 is 0 Å². The van der Waals surface area contributed by atoms with Crippen molar-refractivity contribution in [3.05, 3.63) is 29.6 Å². The van der Waals surface area contributed by atoms with Gasteiger partial charge in [-0.05, 0) is 43.9 Å². The number of piperidine rings is 1. The van der Waals surface area contributed by atoms with Gasteiger partial charge in [-0.2, -0.15) is 0 Å². The van der Waals surface area contributed by atoms with E-state index in [1.165, 1.54) is 0 Å². The number of imidazole rings is 1. The summed E-state index contributed by atoms with van der Waals surface area (Å²) in [6, 6.07) is 6.10. The standard InChI is InChI=1S/C17H24N4O.2ClH/c1-12-3-2-4-14-17(12)20-15(19-14)5-6-16(22)21-9-7-13(11-18)8-10-21;;/h2-4,13H,5-11,18H2,1H3,(H,19,20);2*1H. The Labute approximate surface area is 155 Å². The number of hydrogen-bond donors (Lipinski definition) is 2. The lowest BCUT2D eigenvalue weighted by molar-refractivity contribution is -0.132. The number of rotatable bonds is 4. The maximum absolute atomic E-state index is 12.3. The number of hydrogen-bond acceptors (Lipinski definition) is 3. The SMILES string of the molecule is Cc1cccc2[nH]c(CCC(=O)N3CCC(CN)CC3)nc12.Cl.Cl. The zero-order valence-electron chi connectivity index (χ0n) is 14.0. The fraction of sp³-hybridized carbons (Fsp3) is 0.529. The molecule has 1 aliphatic rings. The maximum atomic E-state index is 12.3. The molecule has 0 radical (unpaired) electrons. The van der Waals surface area contributed by atoms with Gasteiger partial charge in [0, 0.05) is 25.9 Å². The molecule has 0 unspecified atom stereocenters. The summed E-state index contributed by atoms with van der Waals surface area (Å²) in [7, 11) is 0. The first-order valence-electron chi connectivity index (χ1n) is 8.09. The predicted molar refractivity (Wildman–Crippen MR) is 102 cm³/mol. The molecule has 2 heterocycles. The summed E-state index contributed by atoms with van der Waals surface area (Å²) in [5.41, 5.74) is 8.91. The summed E-state index contributed by atoms with van der Waals surface area (Å²) in [5, 5.41) is 0. The number of carbonyl (C=O) groups excluding carboxylic acids is 1. The predicted octanol–water partition coefficient (Wildman–Crippen LogP) is 2.84. The van der Waals surface area contributed by atoms with Crippen molar-refractivity contribution in [2.24, 2.45) is 11.7 Å². The monoisotopic (exact) mass is 372 g/mol. The van der Waals surface area contributed by atoms with Crippen LogP contribution in [0.5, 0.6) is 0 Å². The van der Waals surface area contributed by atoms with Gasteiger partial charge in [0.25, 0.3) is 0 Å². The van der Waals surface area contributed by atoms with Gasteiger partial charge in [0.15, 0.2) is 0 Å². The topological polar surface area (TPSA) is 75.0 Å². The van der Waals surface area contributed by atoms with E-state index in [0.717, 1.165) is 54.9 Å². The molecule has 134 valence electrons. The van der Waals surface area contributed by atoms with Gasteiger partial charge in [-0.3, -0.25) is 4.79 Å². The molecule has 1 amide bonds. The summed E-state index contributed by atoms with van der Waals surface area (Å²) >= 11 is 0. The average molecular weight is 373 g/mol. The van der Waals surface area contributed by atoms with Crippen LogP contribution in [-0.2, 0) is 11.2 Å². The number of para-hydroxylation sites is 1. The minimum Gasteiger partial charge on any atom is -0.343 e. The number of nitrogens with one attached hydrogen (secondary N) is 1. The fourth-order valence-corrected chi connectivity index (χ4v) is 3.15. The molecule has 0 aliphatic carbocycles. The van der Waals surface area contributed by atoms with E-state index in [4.69, 9.17) is 5.73 Å². The number of aryl methyl sites for hydroxylation is 2. The molecule has 7 heteroatoms. The van der Waals surface area contributed by atoms with Crippen LogP contribution in [0.1, 0.15) is 30.7 Å². The quantitative estimate of drug-likeness (QED) is 0.866. The number of aromatic amines is 1. The van der Waals surface area contributed by atoms with E-state index in [1.807, 2.05) is 17.0 Å². The van der Waals surface area contributed by atoms with Crippen molar-refractivity contribution in [1.82, 2.24) is 14.9 Å². The molecule has 2 aromatic rings. The lowest BCUT2D eigenvalue weighted by Gasteiger charge is -2.31. The first-order valence-corrected chi connectivity index (χ1v) is 8.09. The molecule has 1 fully saturated rings. The van der Waals surface area contributed by atoms with Crippen LogP contribution in [0.3, 0.4) is 0 Å². The number of amides is 1. The van der Waals surface area contributed by atoms with Crippen LogP contribution in [0.2, 0.25) is 0 Å². The number of nitrogens with zero attached hydrogens (tertiary/aromatic N) is 2. The van der Waals surface area contributed by atoms with Crippen LogP contribution in [0.15, 0.2) is 18.2 Å². The number of fused-ring (bicyclic) bond motifs is 1. The van der Waals surface area contributed by atoms with Gasteiger partial charge >= 0.3 is 0 Å². The molecule has 24 heavy (non-hydrogen) atoms. The van der Waals surface area contributed by atoms with Gasteiger partial charge in [-0.1, -0.05) is 12.1 Å². The number of likely N-dealkylation sites (tertiary alicyclic amines) is 1. The van der Waals surface area contributed by atoms with Crippen molar-refractivity contribution in [3.63, 3.8) is 0 Å². The molecular weight excluding hydrogens is 347 g/mol. The second-order valence-corrected chi connectivity index (χ2v) is 6.21. The Morgan fingerprint density at radius 3 is 2.67 bits per heavy atom. The highest BCUT2D eigenvalue weighted by atomic mass is 35.5. The number of nitrogens with two attached hydrogens (primary N) is 1. The van der Waals surface area contributed by atoms with Crippen molar-refractivity contribution in [1.29, 1.82) is 0 Å². The van der Waals surface area contributed by atoms with E-state index in [2.05, 4.69) is 23.0 Å². The minimum absolute atomic E-state index is 0. The zero-order valence-corrected chi connectivity index (χ0v) is 15.6. The molecule has 1 aliphatic heterocycles.